The molecule has 2 heterocycles. The molecule has 0 unspecified atom stereocenters. The van der Waals surface area contributed by atoms with Crippen LogP contribution in [0.3, 0.4) is 0 Å². The van der Waals surface area contributed by atoms with Crippen LogP contribution in [0.5, 0.6) is 0 Å². The van der Waals surface area contributed by atoms with Crippen molar-refractivity contribution in [1.82, 2.24) is 4.98 Å². The zero-order valence-corrected chi connectivity index (χ0v) is 13.4. The van der Waals surface area contributed by atoms with Crippen LogP contribution >= 0.6 is 27.5 Å². The first-order valence-corrected chi connectivity index (χ1v) is 7.50. The largest absolute Gasteiger partial charge is 0.464 e. The maximum atomic E-state index is 12.2. The lowest BCUT2D eigenvalue weighted by Crippen LogP contribution is -2.06. The second-order valence-corrected chi connectivity index (χ2v) is 5.65. The first-order valence-electron chi connectivity index (χ1n) is 6.33. The van der Waals surface area contributed by atoms with Crippen molar-refractivity contribution in [2.45, 2.75) is 6.92 Å². The van der Waals surface area contributed by atoms with Crippen molar-refractivity contribution in [2.75, 3.05) is 6.61 Å². The van der Waals surface area contributed by atoms with E-state index in [1.807, 2.05) is 6.07 Å². The first kappa shape index (κ1) is 14.2. The lowest BCUT2D eigenvalue weighted by Gasteiger charge is -2.02. The molecule has 0 aliphatic rings. The van der Waals surface area contributed by atoms with Crippen molar-refractivity contribution < 1.29 is 13.9 Å². The summed E-state index contributed by atoms with van der Waals surface area (Å²) < 4.78 is 11.3. The minimum Gasteiger partial charge on any atom is -0.464 e. The Morgan fingerprint density at radius 1 is 1.48 bits per heavy atom. The molecule has 0 radical (unpaired) electrons. The van der Waals surface area contributed by atoms with Crippen LogP contribution in [0.2, 0.25) is 5.02 Å². The fourth-order valence-electron chi connectivity index (χ4n) is 2.22. The Labute approximate surface area is 134 Å². The lowest BCUT2D eigenvalue weighted by molar-refractivity contribution is 0.0521. The second-order valence-electron chi connectivity index (χ2n) is 4.38. The van der Waals surface area contributed by atoms with Crippen molar-refractivity contribution >= 4 is 44.4 Å². The van der Waals surface area contributed by atoms with Crippen LogP contribution in [0.4, 0.5) is 0 Å². The normalized spacial score (nSPS) is 11.0. The van der Waals surface area contributed by atoms with Crippen molar-refractivity contribution in [3.63, 3.8) is 0 Å². The van der Waals surface area contributed by atoms with Crippen LogP contribution in [-0.2, 0) is 4.74 Å². The summed E-state index contributed by atoms with van der Waals surface area (Å²) in [6, 6.07) is 7.18. The number of hydrogen-bond acceptors (Lipinski definition) is 3. The molecule has 6 heteroatoms. The number of nitrogens with one attached hydrogen (secondary N) is 1. The Morgan fingerprint density at radius 3 is 2.95 bits per heavy atom. The van der Waals surface area contributed by atoms with Crippen LogP contribution in [0.1, 0.15) is 17.4 Å². The maximum Gasteiger partial charge on any atom is 0.355 e. The summed E-state index contributed by atoms with van der Waals surface area (Å²) in [7, 11) is 0. The Kier molecular flexibility index (Phi) is 3.78. The molecule has 0 aliphatic heterocycles. The van der Waals surface area contributed by atoms with Crippen LogP contribution in [0.15, 0.2) is 39.4 Å². The molecule has 21 heavy (non-hydrogen) atoms. The highest BCUT2D eigenvalue weighted by molar-refractivity contribution is 9.10. The van der Waals surface area contributed by atoms with Gasteiger partial charge in [-0.15, -0.1) is 0 Å². The predicted octanol–water partition coefficient (Wildman–Crippen LogP) is 5.02. The molecule has 2 aromatic heterocycles. The number of benzene rings is 1. The van der Waals surface area contributed by atoms with Crippen molar-refractivity contribution in [3.8, 4) is 11.3 Å². The van der Waals surface area contributed by atoms with Gasteiger partial charge in [-0.3, -0.25) is 0 Å². The van der Waals surface area contributed by atoms with Crippen LogP contribution in [0, 0.1) is 0 Å². The van der Waals surface area contributed by atoms with Crippen LogP contribution in [-0.4, -0.2) is 17.6 Å². The second kappa shape index (κ2) is 5.58. The molecule has 4 nitrogen and oxygen atoms in total. The zero-order chi connectivity index (χ0) is 15.0. The van der Waals surface area contributed by atoms with Gasteiger partial charge in [-0.1, -0.05) is 11.6 Å². The summed E-state index contributed by atoms with van der Waals surface area (Å²) in [6.07, 6.45) is 1.56. The first-order chi connectivity index (χ1) is 10.1. The number of aromatic nitrogens is 1. The van der Waals surface area contributed by atoms with Gasteiger partial charge in [0.05, 0.1) is 23.5 Å². The number of ether oxygens (including phenoxy) is 1. The van der Waals surface area contributed by atoms with Crippen LogP contribution in [0.25, 0.3) is 22.2 Å². The average molecular weight is 369 g/mol. The van der Waals surface area contributed by atoms with Gasteiger partial charge in [-0.05, 0) is 47.1 Å². The Morgan fingerprint density at radius 2 is 2.29 bits per heavy atom. The molecule has 0 saturated carbocycles. The van der Waals surface area contributed by atoms with E-state index in [0.717, 1.165) is 15.4 Å². The van der Waals surface area contributed by atoms with Crippen molar-refractivity contribution in [1.29, 1.82) is 0 Å². The molecule has 0 atom stereocenters. The van der Waals surface area contributed by atoms with E-state index in [9.17, 15) is 4.79 Å². The number of H-pyrrole nitrogens is 1. The SMILES string of the molecule is CCOC(=O)c1[nH]c2cc(Br)c(Cl)cc2c1-c1ccco1. The monoisotopic (exact) mass is 367 g/mol. The molecular formula is C15H11BrClNO3. The number of carbonyl (C=O) groups is 1. The molecule has 3 rings (SSSR count). The number of fused-ring (bicyclic) bond motifs is 1. The van der Waals surface area contributed by atoms with E-state index in [1.165, 1.54) is 0 Å². The molecule has 0 bridgehead atoms. The standard InChI is InChI=1S/C15H11BrClNO3/c1-2-20-15(19)14-13(12-4-3-5-21-12)8-6-10(17)9(16)7-11(8)18-14/h3-7,18H,2H2,1H3. The van der Waals surface area contributed by atoms with E-state index < -0.39 is 5.97 Å². The summed E-state index contributed by atoms with van der Waals surface area (Å²) in [5, 5.41) is 1.37. The molecule has 0 amide bonds. The molecule has 108 valence electrons. The average Bonchev–Trinajstić information content (AvgIpc) is 3.06. The van der Waals surface area contributed by atoms with Gasteiger partial charge in [0.2, 0.25) is 0 Å². The van der Waals surface area contributed by atoms with Gasteiger partial charge in [0.25, 0.3) is 0 Å². The fraction of sp³-hybridized carbons (Fsp3) is 0.133. The molecule has 3 aromatic rings. The minimum atomic E-state index is -0.424. The van der Waals surface area contributed by atoms with Gasteiger partial charge in [-0.25, -0.2) is 4.79 Å². The summed E-state index contributed by atoms with van der Waals surface area (Å²) in [4.78, 5) is 15.2. The van der Waals surface area contributed by atoms with Gasteiger partial charge < -0.3 is 14.1 Å². The van der Waals surface area contributed by atoms with Gasteiger partial charge in [-0.2, -0.15) is 0 Å². The number of halogens is 2. The minimum absolute atomic E-state index is 0.302. The van der Waals surface area contributed by atoms with Gasteiger partial charge in [0.15, 0.2) is 0 Å². The topological polar surface area (TPSA) is 55.2 Å². The van der Waals surface area contributed by atoms with E-state index >= 15 is 0 Å². The predicted molar refractivity (Wildman–Crippen MR) is 84.7 cm³/mol. The molecule has 1 aromatic carbocycles. The van der Waals surface area contributed by atoms with E-state index in [0.29, 0.717) is 28.6 Å². The van der Waals surface area contributed by atoms with E-state index in [4.69, 9.17) is 20.8 Å². The summed E-state index contributed by atoms with van der Waals surface area (Å²) >= 11 is 9.54. The fourth-order valence-corrected chi connectivity index (χ4v) is 2.73. The molecule has 0 aliphatic carbocycles. The third-order valence-electron chi connectivity index (χ3n) is 3.09. The number of furan rings is 1. The van der Waals surface area contributed by atoms with E-state index in [1.54, 1.807) is 31.4 Å². The number of aromatic amines is 1. The summed E-state index contributed by atoms with van der Waals surface area (Å²) in [5.74, 6) is 0.162. The quantitative estimate of drug-likeness (QED) is 0.660. The van der Waals surface area contributed by atoms with Crippen molar-refractivity contribution in [2.24, 2.45) is 0 Å². The third kappa shape index (κ3) is 2.47. The summed E-state index contributed by atoms with van der Waals surface area (Å²) in [6.45, 7) is 2.07. The highest BCUT2D eigenvalue weighted by Gasteiger charge is 2.22. The number of carbonyl (C=O) groups excluding carboxylic acids is 1. The summed E-state index contributed by atoms with van der Waals surface area (Å²) in [5.41, 5.74) is 1.79. The smallest absolute Gasteiger partial charge is 0.355 e. The zero-order valence-electron chi connectivity index (χ0n) is 11.1. The Bertz CT molecular complexity index is 808. The van der Waals surface area contributed by atoms with Gasteiger partial charge >= 0.3 is 5.97 Å². The molecule has 0 saturated heterocycles. The van der Waals surface area contributed by atoms with Gasteiger partial charge in [0.1, 0.15) is 11.5 Å². The van der Waals surface area contributed by atoms with Gasteiger partial charge in [0, 0.05) is 15.4 Å². The Hall–Kier alpha value is -1.72. The third-order valence-corrected chi connectivity index (χ3v) is 4.28. The lowest BCUT2D eigenvalue weighted by atomic mass is 10.1. The maximum absolute atomic E-state index is 12.2. The number of hydrogen-bond donors (Lipinski definition) is 1. The highest BCUT2D eigenvalue weighted by atomic mass is 79.9. The molecular weight excluding hydrogens is 358 g/mol. The molecule has 0 fully saturated rings. The van der Waals surface area contributed by atoms with E-state index in [-0.39, 0.29) is 0 Å². The number of esters is 1. The Balaban J connectivity index is 2.31. The molecule has 1 N–H and O–H groups in total. The number of rotatable bonds is 3. The van der Waals surface area contributed by atoms with E-state index in [2.05, 4.69) is 20.9 Å². The molecule has 0 spiro atoms. The van der Waals surface area contributed by atoms with Crippen molar-refractivity contribution in [3.05, 3.63) is 45.7 Å². The highest BCUT2D eigenvalue weighted by Crippen LogP contribution is 2.37. The van der Waals surface area contributed by atoms with Crippen LogP contribution < -0.4 is 0 Å².